The molecule has 0 spiro atoms. The lowest BCUT2D eigenvalue weighted by atomic mass is 9.88. The van der Waals surface area contributed by atoms with Crippen LogP contribution in [0.4, 0.5) is 0 Å². The van der Waals surface area contributed by atoms with E-state index < -0.39 is 0 Å². The predicted molar refractivity (Wildman–Crippen MR) is 91.6 cm³/mol. The number of piperidine rings is 1. The Kier molecular flexibility index (Phi) is 8.84. The summed E-state index contributed by atoms with van der Waals surface area (Å²) in [6, 6.07) is 1.25. The summed E-state index contributed by atoms with van der Waals surface area (Å²) in [6.07, 6.45) is 5.41. The van der Waals surface area contributed by atoms with E-state index >= 15 is 0 Å². The maximum Gasteiger partial charge on any atom is 0.0540 e. The van der Waals surface area contributed by atoms with Gasteiger partial charge in [-0.15, -0.1) is 0 Å². The van der Waals surface area contributed by atoms with Crippen LogP contribution < -0.4 is 5.32 Å². The van der Waals surface area contributed by atoms with Crippen molar-refractivity contribution in [3.05, 3.63) is 0 Å². The Morgan fingerprint density at radius 2 is 1.86 bits per heavy atom. The van der Waals surface area contributed by atoms with Crippen molar-refractivity contribution in [3.8, 4) is 0 Å². The first-order chi connectivity index (χ1) is 9.96. The number of aliphatic hydroxyl groups is 1. The van der Waals surface area contributed by atoms with Crippen LogP contribution in [0.15, 0.2) is 0 Å². The Balaban J connectivity index is 2.52. The minimum Gasteiger partial charge on any atom is -0.393 e. The highest BCUT2D eigenvalue weighted by molar-refractivity contribution is 4.86. The lowest BCUT2D eigenvalue weighted by Gasteiger charge is -2.41. The zero-order valence-electron chi connectivity index (χ0n) is 14.9. The summed E-state index contributed by atoms with van der Waals surface area (Å²) in [5.74, 6) is 1.41. The third kappa shape index (κ3) is 7.12. The summed E-state index contributed by atoms with van der Waals surface area (Å²) >= 11 is 0. The monoisotopic (exact) mass is 298 g/mol. The SMILES string of the molecule is CCC(O)CC1CC(NCCC(C)C)CN(C(C)CC)C1. The molecule has 0 aromatic carbocycles. The Morgan fingerprint density at radius 3 is 2.43 bits per heavy atom. The summed E-state index contributed by atoms with van der Waals surface area (Å²) in [5.41, 5.74) is 0. The lowest BCUT2D eigenvalue weighted by molar-refractivity contribution is 0.0644. The Labute approximate surface area is 132 Å². The van der Waals surface area contributed by atoms with Gasteiger partial charge in [-0.2, -0.15) is 0 Å². The molecule has 1 heterocycles. The molecule has 1 saturated heterocycles. The second-order valence-corrected chi connectivity index (χ2v) is 7.44. The smallest absolute Gasteiger partial charge is 0.0540 e. The standard InChI is InChI=1S/C18H38N2O/c1-6-15(5)20-12-16(11-18(21)7-2)10-17(13-20)19-9-8-14(3)4/h14-19,21H,6-13H2,1-5H3. The summed E-state index contributed by atoms with van der Waals surface area (Å²) in [5, 5.41) is 13.7. The van der Waals surface area contributed by atoms with Crippen molar-refractivity contribution in [1.29, 1.82) is 0 Å². The van der Waals surface area contributed by atoms with Gasteiger partial charge in [-0.05, 0) is 57.4 Å². The molecular formula is C18H38N2O. The van der Waals surface area contributed by atoms with Crippen LogP contribution in [0.25, 0.3) is 0 Å². The van der Waals surface area contributed by atoms with Gasteiger partial charge in [0.2, 0.25) is 0 Å². The largest absolute Gasteiger partial charge is 0.393 e. The van der Waals surface area contributed by atoms with E-state index in [9.17, 15) is 5.11 Å². The van der Waals surface area contributed by atoms with Crippen molar-refractivity contribution >= 4 is 0 Å². The number of aliphatic hydroxyl groups excluding tert-OH is 1. The number of likely N-dealkylation sites (tertiary alicyclic amines) is 1. The van der Waals surface area contributed by atoms with Gasteiger partial charge in [0, 0.05) is 25.2 Å². The van der Waals surface area contributed by atoms with Gasteiger partial charge >= 0.3 is 0 Å². The van der Waals surface area contributed by atoms with Crippen molar-refractivity contribution < 1.29 is 5.11 Å². The van der Waals surface area contributed by atoms with E-state index in [0.29, 0.717) is 18.0 Å². The van der Waals surface area contributed by atoms with Crippen LogP contribution in [0.1, 0.15) is 66.7 Å². The Bertz CT molecular complexity index is 270. The van der Waals surface area contributed by atoms with E-state index in [1.807, 2.05) is 0 Å². The second-order valence-electron chi connectivity index (χ2n) is 7.44. The van der Waals surface area contributed by atoms with Crippen molar-refractivity contribution in [1.82, 2.24) is 10.2 Å². The van der Waals surface area contributed by atoms with E-state index in [0.717, 1.165) is 31.8 Å². The zero-order chi connectivity index (χ0) is 15.8. The number of rotatable bonds is 9. The van der Waals surface area contributed by atoms with Crippen molar-refractivity contribution in [2.24, 2.45) is 11.8 Å². The van der Waals surface area contributed by atoms with Gasteiger partial charge in [-0.3, -0.25) is 4.90 Å². The van der Waals surface area contributed by atoms with Crippen molar-refractivity contribution in [2.45, 2.75) is 84.9 Å². The number of hydrogen-bond donors (Lipinski definition) is 2. The van der Waals surface area contributed by atoms with Crippen LogP contribution in [0.5, 0.6) is 0 Å². The maximum absolute atomic E-state index is 9.99. The summed E-state index contributed by atoms with van der Waals surface area (Å²) in [7, 11) is 0. The molecular weight excluding hydrogens is 260 g/mol. The highest BCUT2D eigenvalue weighted by Crippen LogP contribution is 2.24. The Hall–Kier alpha value is -0.120. The lowest BCUT2D eigenvalue weighted by Crippen LogP contribution is -2.52. The number of nitrogens with zero attached hydrogens (tertiary/aromatic N) is 1. The van der Waals surface area contributed by atoms with Gasteiger partial charge in [0.15, 0.2) is 0 Å². The molecule has 0 radical (unpaired) electrons. The molecule has 126 valence electrons. The summed E-state index contributed by atoms with van der Waals surface area (Å²) in [6.45, 7) is 14.7. The van der Waals surface area contributed by atoms with E-state index in [1.54, 1.807) is 0 Å². The first-order valence-electron chi connectivity index (χ1n) is 9.11. The van der Waals surface area contributed by atoms with Crippen LogP contribution in [0.2, 0.25) is 0 Å². The first-order valence-corrected chi connectivity index (χ1v) is 9.11. The number of hydrogen-bond acceptors (Lipinski definition) is 3. The quantitative estimate of drug-likeness (QED) is 0.686. The molecule has 0 aliphatic carbocycles. The van der Waals surface area contributed by atoms with Gasteiger partial charge in [0.25, 0.3) is 0 Å². The molecule has 1 fully saturated rings. The average molecular weight is 299 g/mol. The molecule has 4 unspecified atom stereocenters. The summed E-state index contributed by atoms with van der Waals surface area (Å²) in [4.78, 5) is 2.63. The van der Waals surface area contributed by atoms with Crippen LogP contribution in [-0.4, -0.2) is 47.8 Å². The van der Waals surface area contributed by atoms with E-state index in [1.165, 1.54) is 25.8 Å². The molecule has 0 aromatic heterocycles. The predicted octanol–water partition coefficient (Wildman–Crippen LogP) is 3.27. The molecule has 1 aliphatic rings. The first kappa shape index (κ1) is 18.9. The molecule has 1 rings (SSSR count). The van der Waals surface area contributed by atoms with Crippen LogP contribution in [-0.2, 0) is 0 Å². The van der Waals surface area contributed by atoms with Crippen molar-refractivity contribution in [2.75, 3.05) is 19.6 Å². The van der Waals surface area contributed by atoms with Crippen molar-refractivity contribution in [3.63, 3.8) is 0 Å². The molecule has 1 aliphatic heterocycles. The highest BCUT2D eigenvalue weighted by Gasteiger charge is 2.29. The molecule has 0 saturated carbocycles. The van der Waals surface area contributed by atoms with Gasteiger partial charge in [0.05, 0.1) is 6.10 Å². The minimum atomic E-state index is -0.122. The van der Waals surface area contributed by atoms with E-state index in [-0.39, 0.29) is 6.10 Å². The fourth-order valence-corrected chi connectivity index (χ4v) is 3.31. The maximum atomic E-state index is 9.99. The fourth-order valence-electron chi connectivity index (χ4n) is 3.31. The third-order valence-corrected chi connectivity index (χ3v) is 5.01. The molecule has 0 bridgehead atoms. The van der Waals surface area contributed by atoms with E-state index in [4.69, 9.17) is 0 Å². The Morgan fingerprint density at radius 1 is 1.14 bits per heavy atom. The van der Waals surface area contributed by atoms with Gasteiger partial charge in [-0.1, -0.05) is 27.7 Å². The normalized spacial score (nSPS) is 27.0. The molecule has 0 amide bonds. The van der Waals surface area contributed by atoms with Crippen LogP contribution in [0.3, 0.4) is 0 Å². The molecule has 4 atom stereocenters. The zero-order valence-corrected chi connectivity index (χ0v) is 14.9. The average Bonchev–Trinajstić information content (AvgIpc) is 2.45. The molecule has 2 N–H and O–H groups in total. The topological polar surface area (TPSA) is 35.5 Å². The molecule has 0 aromatic rings. The van der Waals surface area contributed by atoms with Gasteiger partial charge < -0.3 is 10.4 Å². The van der Waals surface area contributed by atoms with Gasteiger partial charge in [0.1, 0.15) is 0 Å². The molecule has 21 heavy (non-hydrogen) atoms. The highest BCUT2D eigenvalue weighted by atomic mass is 16.3. The second kappa shape index (κ2) is 9.81. The molecule has 3 nitrogen and oxygen atoms in total. The molecule has 3 heteroatoms. The summed E-state index contributed by atoms with van der Waals surface area (Å²) < 4.78 is 0. The van der Waals surface area contributed by atoms with Gasteiger partial charge in [-0.25, -0.2) is 0 Å². The third-order valence-electron chi connectivity index (χ3n) is 5.01. The fraction of sp³-hybridized carbons (Fsp3) is 1.00. The van der Waals surface area contributed by atoms with E-state index in [2.05, 4.69) is 44.8 Å². The van der Waals surface area contributed by atoms with Crippen LogP contribution in [0, 0.1) is 11.8 Å². The minimum absolute atomic E-state index is 0.122. The number of nitrogens with one attached hydrogen (secondary N) is 1. The van der Waals surface area contributed by atoms with Crippen LogP contribution >= 0.6 is 0 Å².